The molecule has 0 amide bonds. The second kappa shape index (κ2) is 5.17. The van der Waals surface area contributed by atoms with Crippen LogP contribution in [-0.4, -0.2) is 41.5 Å². The van der Waals surface area contributed by atoms with Gasteiger partial charge in [-0.2, -0.15) is 0 Å². The molecule has 0 spiro atoms. The van der Waals surface area contributed by atoms with Crippen LogP contribution in [0.4, 0.5) is 8.78 Å². The largest absolute Gasteiger partial charge is 0.298 e. The average molecular weight is 266 g/mol. The second-order valence-electron chi connectivity index (χ2n) is 5.69. The molecule has 19 heavy (non-hydrogen) atoms. The van der Waals surface area contributed by atoms with Crippen LogP contribution in [0, 0.1) is 11.6 Å². The zero-order valence-electron chi connectivity index (χ0n) is 11.3. The van der Waals surface area contributed by atoms with Gasteiger partial charge in [0, 0.05) is 37.3 Å². The van der Waals surface area contributed by atoms with E-state index in [1.807, 2.05) is 0 Å². The van der Waals surface area contributed by atoms with Crippen molar-refractivity contribution in [2.75, 3.05) is 19.6 Å². The quantitative estimate of drug-likeness (QED) is 0.812. The van der Waals surface area contributed by atoms with Crippen LogP contribution < -0.4 is 0 Å². The molecule has 3 rings (SSSR count). The van der Waals surface area contributed by atoms with Crippen molar-refractivity contribution in [1.82, 2.24) is 9.80 Å². The summed E-state index contributed by atoms with van der Waals surface area (Å²) in [6.07, 6.45) is 2.49. The molecule has 4 heteroatoms. The Hall–Kier alpha value is -1.00. The summed E-state index contributed by atoms with van der Waals surface area (Å²) in [7, 11) is 0. The number of hydrogen-bond acceptors (Lipinski definition) is 2. The van der Waals surface area contributed by atoms with E-state index in [2.05, 4.69) is 16.7 Å². The summed E-state index contributed by atoms with van der Waals surface area (Å²) in [5, 5.41) is 0. The molecule has 2 unspecified atom stereocenters. The van der Waals surface area contributed by atoms with Crippen LogP contribution in [0.25, 0.3) is 0 Å². The van der Waals surface area contributed by atoms with E-state index in [-0.39, 0.29) is 11.6 Å². The third-order valence-electron chi connectivity index (χ3n) is 4.60. The Morgan fingerprint density at radius 3 is 2.89 bits per heavy atom. The maximum Gasteiger partial charge on any atom is 0.127 e. The third-order valence-corrected chi connectivity index (χ3v) is 4.60. The summed E-state index contributed by atoms with van der Waals surface area (Å²) < 4.78 is 26.9. The van der Waals surface area contributed by atoms with Crippen LogP contribution >= 0.6 is 0 Å². The first-order chi connectivity index (χ1) is 9.15. The maximum absolute atomic E-state index is 13.7. The van der Waals surface area contributed by atoms with Gasteiger partial charge in [0.15, 0.2) is 0 Å². The van der Waals surface area contributed by atoms with Crippen molar-refractivity contribution in [3.05, 3.63) is 35.4 Å². The Morgan fingerprint density at radius 2 is 2.05 bits per heavy atom. The predicted octanol–water partition coefficient (Wildman–Crippen LogP) is 2.63. The number of hydrogen-bond donors (Lipinski definition) is 0. The first kappa shape index (κ1) is 13.0. The molecular formula is C15H20F2N2. The van der Waals surface area contributed by atoms with Gasteiger partial charge >= 0.3 is 0 Å². The van der Waals surface area contributed by atoms with E-state index in [0.29, 0.717) is 24.2 Å². The number of fused-ring (bicyclic) bond motifs is 1. The summed E-state index contributed by atoms with van der Waals surface area (Å²) in [4.78, 5) is 4.81. The molecule has 0 bridgehead atoms. The van der Waals surface area contributed by atoms with Crippen molar-refractivity contribution in [2.24, 2.45) is 0 Å². The van der Waals surface area contributed by atoms with Crippen LogP contribution in [0.2, 0.25) is 0 Å². The number of rotatable bonds is 2. The van der Waals surface area contributed by atoms with Crippen molar-refractivity contribution >= 4 is 0 Å². The van der Waals surface area contributed by atoms with Gasteiger partial charge in [0.05, 0.1) is 0 Å². The zero-order chi connectivity index (χ0) is 13.4. The van der Waals surface area contributed by atoms with Crippen molar-refractivity contribution in [1.29, 1.82) is 0 Å². The molecule has 104 valence electrons. The molecule has 2 aliphatic heterocycles. The lowest BCUT2D eigenvalue weighted by molar-refractivity contribution is 0.0463. The summed E-state index contributed by atoms with van der Waals surface area (Å²) in [6, 6.07) is 4.73. The van der Waals surface area contributed by atoms with Crippen molar-refractivity contribution in [2.45, 2.75) is 38.4 Å². The molecule has 0 aliphatic carbocycles. The molecule has 2 fully saturated rings. The second-order valence-corrected chi connectivity index (χ2v) is 5.69. The molecule has 0 radical (unpaired) electrons. The summed E-state index contributed by atoms with van der Waals surface area (Å²) >= 11 is 0. The molecule has 0 aromatic heterocycles. The van der Waals surface area contributed by atoms with E-state index in [1.54, 1.807) is 0 Å². The molecule has 2 aliphatic rings. The Labute approximate surface area is 113 Å². The van der Waals surface area contributed by atoms with E-state index in [0.717, 1.165) is 13.1 Å². The molecule has 2 atom stereocenters. The maximum atomic E-state index is 13.7. The highest BCUT2D eigenvalue weighted by Crippen LogP contribution is 2.28. The number of piperazine rings is 1. The minimum atomic E-state index is -0.358. The fourth-order valence-corrected chi connectivity index (χ4v) is 3.49. The molecule has 1 aromatic carbocycles. The minimum Gasteiger partial charge on any atom is -0.298 e. The van der Waals surface area contributed by atoms with Crippen LogP contribution in [0.15, 0.2) is 18.2 Å². The van der Waals surface area contributed by atoms with Gasteiger partial charge in [-0.1, -0.05) is 0 Å². The van der Waals surface area contributed by atoms with Crippen LogP contribution in [0.5, 0.6) is 0 Å². The van der Waals surface area contributed by atoms with Gasteiger partial charge in [0.2, 0.25) is 0 Å². The molecule has 0 saturated carbocycles. The fraction of sp³-hybridized carbons (Fsp3) is 0.600. The Kier molecular flexibility index (Phi) is 3.54. The van der Waals surface area contributed by atoms with E-state index in [1.165, 1.54) is 37.6 Å². The van der Waals surface area contributed by atoms with E-state index < -0.39 is 0 Å². The summed E-state index contributed by atoms with van der Waals surface area (Å²) in [6.45, 7) is 5.89. The molecule has 2 saturated heterocycles. The molecule has 2 nitrogen and oxygen atoms in total. The highest BCUT2D eigenvalue weighted by Gasteiger charge is 2.36. The van der Waals surface area contributed by atoms with Crippen LogP contribution in [0.3, 0.4) is 0 Å². The van der Waals surface area contributed by atoms with Gasteiger partial charge in [0.25, 0.3) is 0 Å². The summed E-state index contributed by atoms with van der Waals surface area (Å²) in [5.41, 5.74) is 0.471. The molecule has 2 heterocycles. The Bertz CT molecular complexity index is 463. The van der Waals surface area contributed by atoms with E-state index >= 15 is 0 Å². The van der Waals surface area contributed by atoms with Crippen molar-refractivity contribution in [3.8, 4) is 0 Å². The lowest BCUT2D eigenvalue weighted by Gasteiger charge is -2.43. The zero-order valence-corrected chi connectivity index (χ0v) is 11.3. The standard InChI is InChI=1S/C15H20F2N2/c1-11-15-3-2-6-18(15)7-8-19(11)10-12-9-13(16)4-5-14(12)17/h4-5,9,11,15H,2-3,6-8,10H2,1H3. The predicted molar refractivity (Wildman–Crippen MR) is 70.8 cm³/mol. The van der Waals surface area contributed by atoms with Crippen LogP contribution in [-0.2, 0) is 6.54 Å². The summed E-state index contributed by atoms with van der Waals surface area (Å²) in [5.74, 6) is -0.661. The lowest BCUT2D eigenvalue weighted by Crippen LogP contribution is -2.55. The molecule has 0 N–H and O–H groups in total. The van der Waals surface area contributed by atoms with Gasteiger partial charge < -0.3 is 0 Å². The number of halogens is 2. The van der Waals surface area contributed by atoms with Crippen LogP contribution in [0.1, 0.15) is 25.3 Å². The normalized spacial score (nSPS) is 28.6. The lowest BCUT2D eigenvalue weighted by atomic mass is 10.0. The average Bonchev–Trinajstić information content (AvgIpc) is 2.86. The first-order valence-corrected chi connectivity index (χ1v) is 7.07. The van der Waals surface area contributed by atoms with E-state index in [4.69, 9.17) is 0 Å². The van der Waals surface area contributed by atoms with E-state index in [9.17, 15) is 8.78 Å². The first-order valence-electron chi connectivity index (χ1n) is 7.07. The number of benzene rings is 1. The van der Waals surface area contributed by atoms with Gasteiger partial charge in [-0.25, -0.2) is 8.78 Å². The Balaban J connectivity index is 1.74. The topological polar surface area (TPSA) is 6.48 Å². The molecular weight excluding hydrogens is 246 g/mol. The fourth-order valence-electron chi connectivity index (χ4n) is 3.49. The highest BCUT2D eigenvalue weighted by atomic mass is 19.1. The van der Waals surface area contributed by atoms with Gasteiger partial charge in [0.1, 0.15) is 11.6 Å². The third kappa shape index (κ3) is 2.51. The van der Waals surface area contributed by atoms with Gasteiger partial charge in [-0.15, -0.1) is 0 Å². The number of nitrogens with zero attached hydrogens (tertiary/aromatic N) is 2. The molecule has 1 aromatic rings. The van der Waals surface area contributed by atoms with Gasteiger partial charge in [-0.05, 0) is 44.5 Å². The SMILES string of the molecule is CC1C2CCCN2CCN1Cc1cc(F)ccc1F. The minimum absolute atomic E-state index is 0.303. The van der Waals surface area contributed by atoms with Crippen molar-refractivity contribution in [3.63, 3.8) is 0 Å². The highest BCUT2D eigenvalue weighted by molar-refractivity contribution is 5.19. The monoisotopic (exact) mass is 266 g/mol. The Morgan fingerprint density at radius 1 is 1.21 bits per heavy atom. The smallest absolute Gasteiger partial charge is 0.127 e. The van der Waals surface area contributed by atoms with Gasteiger partial charge in [-0.3, -0.25) is 9.80 Å². The van der Waals surface area contributed by atoms with Crippen molar-refractivity contribution < 1.29 is 8.78 Å².